The molecule has 3 aromatic heterocycles. The van der Waals surface area contributed by atoms with E-state index in [2.05, 4.69) is 17.0 Å². The summed E-state index contributed by atoms with van der Waals surface area (Å²) < 4.78 is 12.7. The molecule has 31 heavy (non-hydrogen) atoms. The van der Waals surface area contributed by atoms with Crippen LogP contribution in [0.4, 0.5) is 0 Å². The summed E-state index contributed by atoms with van der Waals surface area (Å²) in [4.78, 5) is 32.2. The van der Waals surface area contributed by atoms with Gasteiger partial charge in [-0.3, -0.25) is 4.79 Å². The molecule has 0 radical (unpaired) electrons. The highest BCUT2D eigenvalue weighted by molar-refractivity contribution is 6.04. The molecule has 4 heterocycles. The topological polar surface area (TPSA) is 90.5 Å². The average molecular weight is 425 g/mol. The molecule has 4 rings (SSSR count). The summed E-state index contributed by atoms with van der Waals surface area (Å²) in [5.41, 5.74) is 1.41. The molecule has 1 unspecified atom stereocenters. The van der Waals surface area contributed by atoms with Crippen LogP contribution >= 0.6 is 0 Å². The Morgan fingerprint density at radius 2 is 2.16 bits per heavy atom. The number of aromatic nitrogens is 3. The molecule has 0 aliphatic carbocycles. The second kappa shape index (κ2) is 8.91. The van der Waals surface area contributed by atoms with E-state index >= 15 is 0 Å². The van der Waals surface area contributed by atoms with Crippen molar-refractivity contribution in [1.29, 1.82) is 0 Å². The predicted molar refractivity (Wildman–Crippen MR) is 116 cm³/mol. The Balaban J connectivity index is 1.60. The Hall–Kier alpha value is -3.16. The van der Waals surface area contributed by atoms with Gasteiger partial charge in [-0.05, 0) is 57.7 Å². The summed E-state index contributed by atoms with van der Waals surface area (Å²) in [6.07, 6.45) is 7.20. The number of ether oxygens (including phenoxy) is 1. The lowest BCUT2D eigenvalue weighted by atomic mass is 10.00. The SMILES string of the molecule is CCC1CCCCN1C(=O)COC(=O)c1cc(-c2ccco2)nc2c1cnn2C(C)C. The third kappa shape index (κ3) is 4.19. The van der Waals surface area contributed by atoms with Crippen LogP contribution in [0.25, 0.3) is 22.5 Å². The minimum absolute atomic E-state index is 0.0624. The van der Waals surface area contributed by atoms with Crippen molar-refractivity contribution in [3.8, 4) is 11.5 Å². The Morgan fingerprint density at radius 3 is 2.87 bits per heavy atom. The van der Waals surface area contributed by atoms with E-state index in [1.165, 1.54) is 0 Å². The van der Waals surface area contributed by atoms with Crippen LogP contribution in [0.1, 0.15) is 62.9 Å². The molecular weight excluding hydrogens is 396 g/mol. The maximum Gasteiger partial charge on any atom is 0.339 e. The van der Waals surface area contributed by atoms with Crippen LogP contribution < -0.4 is 0 Å². The largest absolute Gasteiger partial charge is 0.463 e. The van der Waals surface area contributed by atoms with E-state index in [1.54, 1.807) is 35.3 Å². The van der Waals surface area contributed by atoms with Crippen molar-refractivity contribution >= 4 is 22.9 Å². The lowest BCUT2D eigenvalue weighted by molar-refractivity contribution is -0.138. The van der Waals surface area contributed by atoms with Crippen molar-refractivity contribution in [2.24, 2.45) is 0 Å². The van der Waals surface area contributed by atoms with Gasteiger partial charge < -0.3 is 14.1 Å². The number of esters is 1. The number of hydrogen-bond acceptors (Lipinski definition) is 6. The minimum Gasteiger partial charge on any atom is -0.463 e. The van der Waals surface area contributed by atoms with E-state index in [9.17, 15) is 9.59 Å². The first-order valence-corrected chi connectivity index (χ1v) is 10.9. The van der Waals surface area contributed by atoms with Gasteiger partial charge in [-0.25, -0.2) is 14.5 Å². The number of carbonyl (C=O) groups excluding carboxylic acids is 2. The molecule has 164 valence electrons. The quantitative estimate of drug-likeness (QED) is 0.550. The van der Waals surface area contributed by atoms with E-state index in [0.717, 1.165) is 32.2 Å². The normalized spacial score (nSPS) is 16.8. The highest BCUT2D eigenvalue weighted by Gasteiger charge is 2.27. The maximum atomic E-state index is 13.0. The molecule has 1 atom stereocenters. The van der Waals surface area contributed by atoms with Crippen molar-refractivity contribution < 1.29 is 18.7 Å². The fourth-order valence-electron chi connectivity index (χ4n) is 4.16. The summed E-state index contributed by atoms with van der Waals surface area (Å²) in [5.74, 6) is -0.168. The van der Waals surface area contributed by atoms with Crippen LogP contribution in [-0.2, 0) is 9.53 Å². The lowest BCUT2D eigenvalue weighted by Crippen LogP contribution is -2.45. The predicted octanol–water partition coefficient (Wildman–Crippen LogP) is 4.22. The standard InChI is InChI=1S/C23H28N4O4/c1-4-16-8-5-6-10-26(16)21(28)14-31-23(29)17-12-19(20-9-7-11-30-20)25-22-18(17)13-24-27(22)15(2)3/h7,9,11-13,15-16H,4-6,8,10,14H2,1-3H3. The van der Waals surface area contributed by atoms with Crippen LogP contribution in [0.5, 0.6) is 0 Å². The van der Waals surface area contributed by atoms with E-state index in [0.29, 0.717) is 28.1 Å². The Bertz CT molecular complexity index is 1070. The highest BCUT2D eigenvalue weighted by atomic mass is 16.5. The van der Waals surface area contributed by atoms with Crippen LogP contribution in [0, 0.1) is 0 Å². The summed E-state index contributed by atoms with van der Waals surface area (Å²) in [6.45, 7) is 6.52. The molecule has 8 nitrogen and oxygen atoms in total. The maximum absolute atomic E-state index is 13.0. The molecule has 0 spiro atoms. The van der Waals surface area contributed by atoms with E-state index in [-0.39, 0.29) is 24.6 Å². The molecule has 1 aliphatic rings. The van der Waals surface area contributed by atoms with Crippen molar-refractivity contribution in [3.05, 3.63) is 36.2 Å². The number of fused-ring (bicyclic) bond motifs is 1. The molecule has 1 saturated heterocycles. The van der Waals surface area contributed by atoms with Gasteiger partial charge in [0.1, 0.15) is 5.69 Å². The first-order valence-electron chi connectivity index (χ1n) is 10.9. The van der Waals surface area contributed by atoms with Gasteiger partial charge in [0.15, 0.2) is 18.0 Å². The molecule has 0 aromatic carbocycles. The van der Waals surface area contributed by atoms with Crippen LogP contribution in [-0.4, -0.2) is 50.7 Å². The number of furan rings is 1. The molecule has 1 fully saturated rings. The van der Waals surface area contributed by atoms with Gasteiger partial charge in [-0.2, -0.15) is 5.10 Å². The van der Waals surface area contributed by atoms with E-state index in [1.807, 2.05) is 18.7 Å². The van der Waals surface area contributed by atoms with Gasteiger partial charge >= 0.3 is 5.97 Å². The van der Waals surface area contributed by atoms with Crippen molar-refractivity contribution in [2.45, 2.75) is 58.5 Å². The van der Waals surface area contributed by atoms with Gasteiger partial charge in [0.2, 0.25) is 0 Å². The zero-order chi connectivity index (χ0) is 22.0. The van der Waals surface area contributed by atoms with Crippen LogP contribution in [0.15, 0.2) is 35.1 Å². The minimum atomic E-state index is -0.568. The Morgan fingerprint density at radius 1 is 1.32 bits per heavy atom. The number of carbonyl (C=O) groups is 2. The van der Waals surface area contributed by atoms with Gasteiger partial charge in [0, 0.05) is 18.6 Å². The fraction of sp³-hybridized carbons (Fsp3) is 0.478. The number of piperidine rings is 1. The van der Waals surface area contributed by atoms with Crippen LogP contribution in [0.2, 0.25) is 0 Å². The number of amides is 1. The van der Waals surface area contributed by atoms with Gasteiger partial charge in [-0.1, -0.05) is 6.92 Å². The van der Waals surface area contributed by atoms with Gasteiger partial charge in [0.05, 0.1) is 23.4 Å². The van der Waals surface area contributed by atoms with E-state index < -0.39 is 5.97 Å². The highest BCUT2D eigenvalue weighted by Crippen LogP contribution is 2.27. The zero-order valence-corrected chi connectivity index (χ0v) is 18.2. The van der Waals surface area contributed by atoms with Crippen molar-refractivity contribution in [1.82, 2.24) is 19.7 Å². The first kappa shape index (κ1) is 21.1. The first-order chi connectivity index (χ1) is 15.0. The number of likely N-dealkylation sites (tertiary alicyclic amines) is 1. The third-order valence-electron chi connectivity index (χ3n) is 5.79. The zero-order valence-electron chi connectivity index (χ0n) is 18.2. The monoisotopic (exact) mass is 424 g/mol. The fourth-order valence-corrected chi connectivity index (χ4v) is 4.16. The second-order valence-corrected chi connectivity index (χ2v) is 8.17. The molecule has 0 N–H and O–H groups in total. The van der Waals surface area contributed by atoms with Gasteiger partial charge in [0.25, 0.3) is 5.91 Å². The molecule has 8 heteroatoms. The Labute approximate surface area is 181 Å². The molecule has 1 amide bonds. The van der Waals surface area contributed by atoms with E-state index in [4.69, 9.17) is 9.15 Å². The Kier molecular flexibility index (Phi) is 6.06. The number of nitrogens with zero attached hydrogens (tertiary/aromatic N) is 4. The average Bonchev–Trinajstić information content (AvgIpc) is 3.46. The molecule has 0 saturated carbocycles. The lowest BCUT2D eigenvalue weighted by Gasteiger charge is -2.35. The number of hydrogen-bond donors (Lipinski definition) is 0. The molecule has 0 bridgehead atoms. The van der Waals surface area contributed by atoms with Crippen molar-refractivity contribution in [2.75, 3.05) is 13.2 Å². The molecule has 1 aliphatic heterocycles. The molecular formula is C23H28N4O4. The number of rotatable bonds is 6. The smallest absolute Gasteiger partial charge is 0.339 e. The molecule has 3 aromatic rings. The summed E-state index contributed by atoms with van der Waals surface area (Å²) in [7, 11) is 0. The summed E-state index contributed by atoms with van der Waals surface area (Å²) in [5, 5.41) is 4.98. The summed E-state index contributed by atoms with van der Waals surface area (Å²) in [6, 6.07) is 5.47. The van der Waals surface area contributed by atoms with Crippen LogP contribution in [0.3, 0.4) is 0 Å². The number of pyridine rings is 1. The third-order valence-corrected chi connectivity index (χ3v) is 5.79. The van der Waals surface area contributed by atoms with Crippen molar-refractivity contribution in [3.63, 3.8) is 0 Å². The van der Waals surface area contributed by atoms with Gasteiger partial charge in [-0.15, -0.1) is 0 Å². The summed E-state index contributed by atoms with van der Waals surface area (Å²) >= 11 is 0. The second-order valence-electron chi connectivity index (χ2n) is 8.17.